The summed E-state index contributed by atoms with van der Waals surface area (Å²) in [7, 11) is 1.55. The van der Waals surface area contributed by atoms with Crippen molar-refractivity contribution in [1.82, 2.24) is 0 Å². The van der Waals surface area contributed by atoms with Crippen molar-refractivity contribution in [3.63, 3.8) is 0 Å². The number of aliphatic hydroxyl groups excluding tert-OH is 2. The lowest BCUT2D eigenvalue weighted by atomic mass is 9.96. The SMILES string of the molecule is COc1ccc(C)cc1C(O)C(O)c1ccccc1. The first-order valence-electron chi connectivity index (χ1n) is 6.19. The minimum Gasteiger partial charge on any atom is -0.496 e. The Balaban J connectivity index is 2.33. The van der Waals surface area contributed by atoms with E-state index in [1.54, 1.807) is 25.3 Å². The number of hydrogen-bond donors (Lipinski definition) is 2. The predicted molar refractivity (Wildman–Crippen MR) is 74.1 cm³/mol. The molecule has 2 unspecified atom stereocenters. The van der Waals surface area contributed by atoms with Crippen LogP contribution in [0.1, 0.15) is 28.9 Å². The van der Waals surface area contributed by atoms with Crippen LogP contribution in [0.25, 0.3) is 0 Å². The summed E-state index contributed by atoms with van der Waals surface area (Å²) in [5, 5.41) is 20.6. The van der Waals surface area contributed by atoms with Crippen molar-refractivity contribution in [3.8, 4) is 5.75 Å². The zero-order valence-corrected chi connectivity index (χ0v) is 11.1. The number of ether oxygens (including phenoxy) is 1. The minimum absolute atomic E-state index is 0.577. The quantitative estimate of drug-likeness (QED) is 0.886. The van der Waals surface area contributed by atoms with E-state index in [9.17, 15) is 10.2 Å². The second kappa shape index (κ2) is 5.87. The van der Waals surface area contributed by atoms with Crippen LogP contribution in [0.3, 0.4) is 0 Å². The Kier molecular flexibility index (Phi) is 4.20. The van der Waals surface area contributed by atoms with Gasteiger partial charge in [0.2, 0.25) is 0 Å². The lowest BCUT2D eigenvalue weighted by Crippen LogP contribution is -2.11. The fourth-order valence-corrected chi connectivity index (χ4v) is 2.09. The Morgan fingerprint density at radius 3 is 2.26 bits per heavy atom. The Bertz CT molecular complexity index is 537. The third kappa shape index (κ3) is 2.95. The van der Waals surface area contributed by atoms with Crippen LogP contribution in [0.5, 0.6) is 5.75 Å². The van der Waals surface area contributed by atoms with Gasteiger partial charge in [0.1, 0.15) is 18.0 Å². The highest BCUT2D eigenvalue weighted by molar-refractivity contribution is 5.39. The van der Waals surface area contributed by atoms with E-state index in [1.807, 2.05) is 37.3 Å². The third-order valence-corrected chi connectivity index (χ3v) is 3.14. The Labute approximate surface area is 113 Å². The summed E-state index contributed by atoms with van der Waals surface area (Å²) < 4.78 is 5.24. The van der Waals surface area contributed by atoms with Crippen LogP contribution < -0.4 is 4.74 Å². The van der Waals surface area contributed by atoms with Gasteiger partial charge in [0.05, 0.1) is 7.11 Å². The first kappa shape index (κ1) is 13.6. The molecule has 0 heterocycles. The fourth-order valence-electron chi connectivity index (χ4n) is 2.09. The number of methoxy groups -OCH3 is 1. The zero-order valence-electron chi connectivity index (χ0n) is 11.1. The first-order chi connectivity index (χ1) is 9.13. The van der Waals surface area contributed by atoms with Crippen LogP contribution in [0, 0.1) is 6.92 Å². The molecule has 0 amide bonds. The molecule has 3 heteroatoms. The van der Waals surface area contributed by atoms with Gasteiger partial charge in [-0.25, -0.2) is 0 Å². The van der Waals surface area contributed by atoms with Crippen molar-refractivity contribution >= 4 is 0 Å². The number of aliphatic hydroxyl groups is 2. The molecule has 2 atom stereocenters. The maximum Gasteiger partial charge on any atom is 0.124 e. The van der Waals surface area contributed by atoms with Crippen molar-refractivity contribution in [2.24, 2.45) is 0 Å². The summed E-state index contributed by atoms with van der Waals surface area (Å²) in [4.78, 5) is 0. The molecule has 2 N–H and O–H groups in total. The normalized spacial score (nSPS) is 13.9. The summed E-state index contributed by atoms with van der Waals surface area (Å²) >= 11 is 0. The molecule has 0 fully saturated rings. The van der Waals surface area contributed by atoms with Crippen LogP contribution in [-0.4, -0.2) is 17.3 Å². The highest BCUT2D eigenvalue weighted by Crippen LogP contribution is 2.34. The van der Waals surface area contributed by atoms with E-state index in [0.717, 1.165) is 5.56 Å². The van der Waals surface area contributed by atoms with Crippen molar-refractivity contribution in [3.05, 3.63) is 65.2 Å². The summed E-state index contributed by atoms with van der Waals surface area (Å²) in [6.07, 6.45) is -1.99. The van der Waals surface area contributed by atoms with Gasteiger partial charge in [-0.15, -0.1) is 0 Å². The maximum absolute atomic E-state index is 10.3. The molecule has 2 rings (SSSR count). The van der Waals surface area contributed by atoms with E-state index in [-0.39, 0.29) is 0 Å². The second-order valence-corrected chi connectivity index (χ2v) is 4.55. The standard InChI is InChI=1S/C16H18O3/c1-11-8-9-14(19-2)13(10-11)16(18)15(17)12-6-4-3-5-7-12/h3-10,15-18H,1-2H3. The van der Waals surface area contributed by atoms with Crippen LogP contribution in [0.15, 0.2) is 48.5 Å². The van der Waals surface area contributed by atoms with Gasteiger partial charge in [-0.05, 0) is 24.6 Å². The van der Waals surface area contributed by atoms with E-state index in [2.05, 4.69) is 0 Å². The molecule has 0 radical (unpaired) electrons. The van der Waals surface area contributed by atoms with Crippen LogP contribution >= 0.6 is 0 Å². The van der Waals surface area contributed by atoms with Gasteiger partial charge in [-0.1, -0.05) is 42.0 Å². The smallest absolute Gasteiger partial charge is 0.124 e. The molecule has 2 aromatic rings. The minimum atomic E-state index is -1.02. The molecular formula is C16H18O3. The van der Waals surface area contributed by atoms with Gasteiger partial charge in [-0.2, -0.15) is 0 Å². The Morgan fingerprint density at radius 1 is 0.947 bits per heavy atom. The fraction of sp³-hybridized carbons (Fsp3) is 0.250. The molecule has 0 bridgehead atoms. The first-order valence-corrected chi connectivity index (χ1v) is 6.19. The highest BCUT2D eigenvalue weighted by Gasteiger charge is 2.23. The zero-order chi connectivity index (χ0) is 13.8. The maximum atomic E-state index is 10.3. The number of rotatable bonds is 4. The molecule has 0 aromatic heterocycles. The Morgan fingerprint density at radius 2 is 1.63 bits per heavy atom. The van der Waals surface area contributed by atoms with Gasteiger partial charge in [0, 0.05) is 5.56 Å². The lowest BCUT2D eigenvalue weighted by molar-refractivity contribution is 0.0158. The predicted octanol–water partition coefficient (Wildman–Crippen LogP) is 2.77. The summed E-state index contributed by atoms with van der Waals surface area (Å²) in [5.41, 5.74) is 2.28. The number of hydrogen-bond acceptors (Lipinski definition) is 3. The molecular weight excluding hydrogens is 240 g/mol. The monoisotopic (exact) mass is 258 g/mol. The van der Waals surface area contributed by atoms with Crippen LogP contribution in [-0.2, 0) is 0 Å². The summed E-state index contributed by atoms with van der Waals surface area (Å²) in [6, 6.07) is 14.6. The van der Waals surface area contributed by atoms with Crippen molar-refractivity contribution in [2.45, 2.75) is 19.1 Å². The molecule has 2 aromatic carbocycles. The highest BCUT2D eigenvalue weighted by atomic mass is 16.5. The van der Waals surface area contributed by atoms with Crippen molar-refractivity contribution in [1.29, 1.82) is 0 Å². The Hall–Kier alpha value is -1.84. The van der Waals surface area contributed by atoms with E-state index in [0.29, 0.717) is 16.9 Å². The van der Waals surface area contributed by atoms with Crippen molar-refractivity contribution < 1.29 is 14.9 Å². The average Bonchev–Trinajstić information content (AvgIpc) is 2.46. The van der Waals surface area contributed by atoms with Gasteiger partial charge in [0.15, 0.2) is 0 Å². The number of aryl methyl sites for hydroxylation is 1. The van der Waals surface area contributed by atoms with Crippen molar-refractivity contribution in [2.75, 3.05) is 7.11 Å². The van der Waals surface area contributed by atoms with E-state index >= 15 is 0 Å². The summed E-state index contributed by atoms with van der Waals surface area (Å²) in [6.45, 7) is 1.94. The molecule has 0 aliphatic heterocycles. The topological polar surface area (TPSA) is 49.7 Å². The lowest BCUT2D eigenvalue weighted by Gasteiger charge is -2.21. The molecule has 0 saturated carbocycles. The van der Waals surface area contributed by atoms with Gasteiger partial charge < -0.3 is 14.9 Å². The number of benzene rings is 2. The molecule has 0 spiro atoms. The molecule has 0 aliphatic carbocycles. The molecule has 100 valence electrons. The average molecular weight is 258 g/mol. The summed E-state index contributed by atoms with van der Waals surface area (Å²) in [5.74, 6) is 0.577. The molecule has 19 heavy (non-hydrogen) atoms. The van der Waals surface area contributed by atoms with E-state index in [4.69, 9.17) is 4.74 Å². The van der Waals surface area contributed by atoms with Gasteiger partial charge >= 0.3 is 0 Å². The second-order valence-electron chi connectivity index (χ2n) is 4.55. The largest absolute Gasteiger partial charge is 0.496 e. The van der Waals surface area contributed by atoms with Gasteiger partial charge in [-0.3, -0.25) is 0 Å². The molecule has 0 saturated heterocycles. The third-order valence-electron chi connectivity index (χ3n) is 3.14. The van der Waals surface area contributed by atoms with Gasteiger partial charge in [0.25, 0.3) is 0 Å². The van der Waals surface area contributed by atoms with E-state index < -0.39 is 12.2 Å². The van der Waals surface area contributed by atoms with E-state index in [1.165, 1.54) is 0 Å². The molecule has 3 nitrogen and oxygen atoms in total. The van der Waals surface area contributed by atoms with Crippen LogP contribution in [0.4, 0.5) is 0 Å². The molecule has 0 aliphatic rings. The van der Waals surface area contributed by atoms with Crippen LogP contribution in [0.2, 0.25) is 0 Å².